The highest BCUT2D eigenvalue weighted by molar-refractivity contribution is 7.99. The molecule has 5 aromatic carbocycles. The van der Waals surface area contributed by atoms with Gasteiger partial charge in [-0.1, -0.05) is 106 Å². The molecule has 0 bridgehead atoms. The molecule has 7 amide bonds. The number of nitrogens with zero attached hydrogens (tertiary/aromatic N) is 6. The number of halogens is 4. The van der Waals surface area contributed by atoms with E-state index < -0.39 is 90.4 Å². The first-order chi connectivity index (χ1) is 53.4. The van der Waals surface area contributed by atoms with Crippen molar-refractivity contribution in [1.29, 1.82) is 0 Å². The summed E-state index contributed by atoms with van der Waals surface area (Å²) in [6, 6.07) is 32.1. The van der Waals surface area contributed by atoms with Gasteiger partial charge in [0.25, 0.3) is 15.7 Å². The summed E-state index contributed by atoms with van der Waals surface area (Å²) in [5.41, 5.74) is 3.02. The first-order valence-electron chi connectivity index (χ1n) is 37.8. The number of anilines is 2. The summed E-state index contributed by atoms with van der Waals surface area (Å²) >= 11 is 9.21. The number of urea groups is 1. The van der Waals surface area contributed by atoms with Gasteiger partial charge in [-0.15, -0.1) is 23.1 Å². The van der Waals surface area contributed by atoms with Gasteiger partial charge in [-0.3, -0.25) is 38.5 Å². The van der Waals surface area contributed by atoms with Gasteiger partial charge in [0.05, 0.1) is 59.2 Å². The third-order valence-electron chi connectivity index (χ3n) is 20.4. The molecule has 3 aliphatic heterocycles. The van der Waals surface area contributed by atoms with E-state index in [4.69, 9.17) is 21.1 Å². The van der Waals surface area contributed by atoms with Crippen LogP contribution < -0.4 is 36.2 Å². The lowest BCUT2D eigenvalue weighted by molar-refractivity contribution is -0.144. The van der Waals surface area contributed by atoms with Crippen LogP contribution in [0.1, 0.15) is 107 Å². The minimum absolute atomic E-state index is 0.0383. The molecule has 3 saturated heterocycles. The van der Waals surface area contributed by atoms with E-state index in [1.165, 1.54) is 39.4 Å². The molecule has 4 heterocycles. The lowest BCUT2D eigenvalue weighted by Crippen LogP contribution is -2.57. The number of nitrogens with one attached hydrogen (secondary N) is 6. The number of rotatable bonds is 34. The van der Waals surface area contributed by atoms with Crippen LogP contribution in [0.3, 0.4) is 0 Å². The summed E-state index contributed by atoms with van der Waals surface area (Å²) < 4.78 is 97.8. The van der Waals surface area contributed by atoms with Crippen LogP contribution in [0, 0.1) is 17.8 Å². The molecule has 3 fully saturated rings. The van der Waals surface area contributed by atoms with Gasteiger partial charge in [0.2, 0.25) is 23.6 Å². The van der Waals surface area contributed by atoms with Gasteiger partial charge in [-0.25, -0.2) is 22.4 Å². The Morgan fingerprint density at radius 1 is 0.786 bits per heavy atom. The van der Waals surface area contributed by atoms with Gasteiger partial charge in [-0.05, 0) is 132 Å². The van der Waals surface area contributed by atoms with E-state index >= 15 is 0 Å². The second-order valence-electron chi connectivity index (χ2n) is 30.4. The fraction of sp³-hybridized carbons (Fsp3) is 0.487. The van der Waals surface area contributed by atoms with Crippen molar-refractivity contribution in [2.24, 2.45) is 10.8 Å². The van der Waals surface area contributed by atoms with Gasteiger partial charge >= 0.3 is 11.5 Å². The number of amides is 7. The van der Waals surface area contributed by atoms with Crippen LogP contribution in [-0.2, 0) is 56.0 Å². The Kier molecular flexibility index (Phi) is 30.8. The Labute approximate surface area is 669 Å². The molecule has 1 aromatic heterocycles. The van der Waals surface area contributed by atoms with Crippen LogP contribution in [0.5, 0.6) is 0 Å². The number of carbonyl (C=O) groups excluding carboxylic acids is 6. The van der Waals surface area contributed by atoms with Crippen molar-refractivity contribution in [3.8, 4) is 10.4 Å². The number of alkyl halides is 3. The number of aliphatic hydroxyl groups is 1. The quantitative estimate of drug-likeness (QED) is 0.0146. The van der Waals surface area contributed by atoms with Crippen LogP contribution in [-0.4, -0.2) is 225 Å². The molecule has 5 atom stereocenters. The van der Waals surface area contributed by atoms with E-state index in [1.54, 1.807) is 66.8 Å². The van der Waals surface area contributed by atoms with Crippen molar-refractivity contribution in [2.45, 2.75) is 137 Å². The molecule has 10 rings (SSSR count). The predicted octanol–water partition coefficient (Wildman–Crippen LogP) is 10.3. The molecule has 112 heavy (non-hydrogen) atoms. The van der Waals surface area contributed by atoms with Crippen molar-refractivity contribution in [3.63, 3.8) is 0 Å². The van der Waals surface area contributed by atoms with Crippen LogP contribution in [0.4, 0.5) is 29.3 Å². The number of allylic oxidation sites excluding steroid dienone is 1. The van der Waals surface area contributed by atoms with E-state index in [0.29, 0.717) is 56.0 Å². The SMILES string of the molecule is Cc1ncsc1-c1ccc(CNC(=O)[C@@H]2C[C@@H](O)CN2C(=O)[C@@H](NC(=O)CCC(=O)NCCOCCOCCNC(=O)N2CCN(CC[C@H](CSc3ccccc3)Nc3ccc(S(=O)NC(=O)c4ccc(N5CCN(CC6=C(c7ccc(Cl)cc7)CCC(C)(C)C6)CC5)cc4)cc3S(=O)(=O)C(F)(F)F)CC2)C(C)(C)C)cc1. The maximum Gasteiger partial charge on any atom is 0.501 e. The summed E-state index contributed by atoms with van der Waals surface area (Å²) in [6.07, 6.45) is 2.22. The molecule has 0 radical (unpaired) electrons. The lowest BCUT2D eigenvalue weighted by Gasteiger charge is -2.39. The van der Waals surface area contributed by atoms with Gasteiger partial charge < -0.3 is 55.9 Å². The van der Waals surface area contributed by atoms with E-state index in [0.717, 1.165) is 90.3 Å². The second-order valence-corrected chi connectivity index (χ2v) is 35.9. The molecule has 1 unspecified atom stereocenters. The zero-order valence-electron chi connectivity index (χ0n) is 64.1. The number of carbonyl (C=O) groups is 6. The third kappa shape index (κ3) is 24.5. The van der Waals surface area contributed by atoms with Gasteiger partial charge in [0.15, 0.2) is 11.0 Å². The molecule has 0 spiro atoms. The summed E-state index contributed by atoms with van der Waals surface area (Å²) in [4.78, 5) is 94.9. The first kappa shape index (κ1) is 86.4. The number of piperazine rings is 2. The Hall–Kier alpha value is -7.98. The molecule has 606 valence electrons. The Bertz CT molecular complexity index is 4370. The number of β-amino-alcohol motifs (C(OH)–C–C–N with tert-alkyl or cyclic N) is 1. The molecule has 1 aliphatic carbocycles. The molecule has 6 aromatic rings. The summed E-state index contributed by atoms with van der Waals surface area (Å²) in [6.45, 7) is 19.3. The molecule has 7 N–H and O–H groups in total. The van der Waals surface area contributed by atoms with Crippen molar-refractivity contribution >= 4 is 108 Å². The molecule has 0 saturated carbocycles. The Morgan fingerprint density at radius 2 is 1.44 bits per heavy atom. The van der Waals surface area contributed by atoms with Gasteiger partial charge in [-0.2, -0.15) is 13.2 Å². The van der Waals surface area contributed by atoms with E-state index in [2.05, 4.69) is 77.0 Å². The monoisotopic (exact) mass is 1640 g/mol. The van der Waals surface area contributed by atoms with E-state index in [9.17, 15) is 59.7 Å². The molecular weight excluding hydrogens is 1540 g/mol. The molecule has 32 heteroatoms. The number of thiazole rings is 1. The molecular formula is C80H102ClF3N12O12S4. The number of aromatic nitrogens is 1. The van der Waals surface area contributed by atoms with Gasteiger partial charge in [0.1, 0.15) is 17.0 Å². The number of hydrogen-bond donors (Lipinski definition) is 7. The predicted molar refractivity (Wildman–Crippen MR) is 431 cm³/mol. The maximum absolute atomic E-state index is 14.5. The highest BCUT2D eigenvalue weighted by Gasteiger charge is 2.49. The number of aryl methyl sites for hydroxylation is 1. The fourth-order valence-electron chi connectivity index (χ4n) is 14.0. The second kappa shape index (κ2) is 39.9. The van der Waals surface area contributed by atoms with Gasteiger partial charge in [0, 0.05) is 144 Å². The first-order valence-corrected chi connectivity index (χ1v) is 42.6. The average molecular weight is 1640 g/mol. The zero-order chi connectivity index (χ0) is 80.3. The van der Waals surface area contributed by atoms with Crippen LogP contribution in [0.25, 0.3) is 16.0 Å². The molecule has 24 nitrogen and oxygen atoms in total. The highest BCUT2D eigenvalue weighted by atomic mass is 35.5. The van der Waals surface area contributed by atoms with E-state index in [1.807, 2.05) is 73.7 Å². The number of likely N-dealkylation sites (tertiary alicyclic amines) is 1. The third-order valence-corrected chi connectivity index (χ3v) is 25.3. The number of thioether (sulfide) groups is 1. The van der Waals surface area contributed by atoms with Crippen molar-refractivity contribution in [2.75, 3.05) is 127 Å². The normalized spacial score (nSPS) is 18.0. The number of hydrogen-bond acceptors (Lipinski definition) is 19. The number of benzene rings is 5. The smallest absolute Gasteiger partial charge is 0.391 e. The van der Waals surface area contributed by atoms with E-state index in [-0.39, 0.29) is 99.5 Å². The van der Waals surface area contributed by atoms with Crippen molar-refractivity contribution in [3.05, 3.63) is 160 Å². The summed E-state index contributed by atoms with van der Waals surface area (Å²) in [5, 5.41) is 25.7. The molecule has 4 aliphatic rings. The summed E-state index contributed by atoms with van der Waals surface area (Å²) in [5.74, 6) is -2.33. The minimum atomic E-state index is -6.03. The van der Waals surface area contributed by atoms with Crippen LogP contribution >= 0.6 is 34.7 Å². The largest absolute Gasteiger partial charge is 0.501 e. The minimum Gasteiger partial charge on any atom is -0.391 e. The highest BCUT2D eigenvalue weighted by Crippen LogP contribution is 2.44. The topological polar surface area (TPSA) is 294 Å². The number of ether oxygens (including phenoxy) is 2. The number of sulfone groups is 1. The lowest BCUT2D eigenvalue weighted by atomic mass is 9.73. The van der Waals surface area contributed by atoms with Crippen molar-refractivity contribution in [1.82, 2.24) is 50.6 Å². The number of aliphatic hydroxyl groups excluding tert-OH is 1. The van der Waals surface area contributed by atoms with Crippen molar-refractivity contribution < 1.29 is 69.1 Å². The fourth-order valence-corrected chi connectivity index (χ4v) is 17.8. The standard InChI is InChI=1S/C80H102ClF3N12O12S4/c1-54-72(110-53-88-54)57-14-12-55(13-15-57)49-87-75(101)68-46-63(97)51-96(68)76(102)73(78(2,3)4)90-71(99)27-26-70(98)85-31-42-107-44-45-108-43-32-86-77(103)95-40-34-92(35-41-95)33-29-61(52-109-64-10-8-7-9-11-64)89-67-25-24-65(47-69(67)112(105,106)80(82,83)84)111(104)91-74(100)58-18-22-62(23-19-58)94-38-36-93(37-39-94)50-59-48-79(5,6)30-28-66(59)56-16-20-60(81)21-17-56/h7-25,47,53,61,63,68,73,89,97H,26-46,48-52H2,1-6H3,(H,85,98)(H,86,103)(H,87,101)(H,90,99)(H,91,100)/t61-,63-,68+,73-,111?/m1/s1. The Balaban J connectivity index is 0.614. The average Bonchev–Trinajstić information content (AvgIpc) is 0.782. The zero-order valence-corrected chi connectivity index (χ0v) is 68.1. The Morgan fingerprint density at radius 3 is 2.09 bits per heavy atom. The maximum atomic E-state index is 14.5. The van der Waals surface area contributed by atoms with Crippen LogP contribution in [0.2, 0.25) is 5.02 Å². The van der Waals surface area contributed by atoms with Crippen LogP contribution in [0.15, 0.2) is 147 Å². The summed E-state index contributed by atoms with van der Waals surface area (Å²) in [7, 11) is -8.51.